The Hall–Kier alpha value is -1.38. The zero-order valence-electron chi connectivity index (χ0n) is 7.42. The summed E-state index contributed by atoms with van der Waals surface area (Å²) in [5, 5.41) is 0. The number of carbonyl (C=O) groups excluding carboxylic acids is 1. The monoisotopic (exact) mass is 182 g/mol. The van der Waals surface area contributed by atoms with Gasteiger partial charge in [-0.25, -0.2) is 4.39 Å². The number of carbonyl (C=O) groups is 1. The lowest BCUT2D eigenvalue weighted by Crippen LogP contribution is -2.02. The molecular formula is C10H11FO2. The van der Waals surface area contributed by atoms with Crippen molar-refractivity contribution < 1.29 is 13.9 Å². The van der Waals surface area contributed by atoms with Crippen molar-refractivity contribution in [2.75, 3.05) is 0 Å². The molecule has 1 aromatic carbocycles. The Kier molecular flexibility index (Phi) is 3.43. The Morgan fingerprint density at radius 3 is 2.54 bits per heavy atom. The Balaban J connectivity index is 2.46. The number of rotatable bonds is 3. The minimum atomic E-state index is -0.287. The Morgan fingerprint density at radius 2 is 2.00 bits per heavy atom. The van der Waals surface area contributed by atoms with E-state index in [1.807, 2.05) is 0 Å². The van der Waals surface area contributed by atoms with Crippen molar-refractivity contribution in [3.63, 3.8) is 0 Å². The summed E-state index contributed by atoms with van der Waals surface area (Å²) in [6.45, 7) is 1.94. The molecule has 0 aliphatic heterocycles. The molecular weight excluding hydrogens is 171 g/mol. The number of esters is 1. The van der Waals surface area contributed by atoms with Crippen molar-refractivity contribution in [2.24, 2.45) is 0 Å². The van der Waals surface area contributed by atoms with Gasteiger partial charge in [0.05, 0.1) is 0 Å². The SMILES string of the molecule is CCC(=O)OCc1ccc(F)cc1. The van der Waals surface area contributed by atoms with Crippen LogP contribution in [0.3, 0.4) is 0 Å². The molecule has 0 spiro atoms. The van der Waals surface area contributed by atoms with Crippen LogP contribution >= 0.6 is 0 Å². The Labute approximate surface area is 76.3 Å². The van der Waals surface area contributed by atoms with Crippen molar-refractivity contribution in [1.82, 2.24) is 0 Å². The highest BCUT2D eigenvalue weighted by Gasteiger charge is 1.99. The largest absolute Gasteiger partial charge is 0.461 e. The number of halogens is 1. The third kappa shape index (κ3) is 3.23. The highest BCUT2D eigenvalue weighted by atomic mass is 19.1. The van der Waals surface area contributed by atoms with Crippen molar-refractivity contribution in [1.29, 1.82) is 0 Å². The van der Waals surface area contributed by atoms with Crippen molar-refractivity contribution in [3.8, 4) is 0 Å². The zero-order chi connectivity index (χ0) is 9.68. The standard InChI is InChI=1S/C10H11FO2/c1-2-10(12)13-7-8-3-5-9(11)6-4-8/h3-6H,2,7H2,1H3. The first kappa shape index (κ1) is 9.71. The van der Waals surface area contributed by atoms with Crippen LogP contribution in [0, 0.1) is 5.82 Å². The smallest absolute Gasteiger partial charge is 0.305 e. The second-order valence-electron chi connectivity index (χ2n) is 2.64. The van der Waals surface area contributed by atoms with Gasteiger partial charge >= 0.3 is 5.97 Å². The summed E-state index contributed by atoms with van der Waals surface area (Å²) >= 11 is 0. The predicted molar refractivity (Wildman–Crippen MR) is 46.5 cm³/mol. The summed E-state index contributed by atoms with van der Waals surface area (Å²) in [5.41, 5.74) is 0.795. The first-order chi connectivity index (χ1) is 6.22. The highest BCUT2D eigenvalue weighted by Crippen LogP contribution is 2.04. The van der Waals surface area contributed by atoms with Gasteiger partial charge in [0.25, 0.3) is 0 Å². The lowest BCUT2D eigenvalue weighted by molar-refractivity contribution is -0.144. The number of hydrogen-bond acceptors (Lipinski definition) is 2. The average Bonchev–Trinajstić information content (AvgIpc) is 2.16. The van der Waals surface area contributed by atoms with E-state index in [4.69, 9.17) is 4.74 Å². The van der Waals surface area contributed by atoms with Crippen LogP contribution in [-0.4, -0.2) is 5.97 Å². The topological polar surface area (TPSA) is 26.3 Å². The molecule has 0 unspecified atom stereocenters. The van der Waals surface area contributed by atoms with Crippen LogP contribution < -0.4 is 0 Å². The van der Waals surface area contributed by atoms with E-state index in [1.165, 1.54) is 12.1 Å². The van der Waals surface area contributed by atoms with E-state index in [2.05, 4.69) is 0 Å². The van der Waals surface area contributed by atoms with E-state index in [1.54, 1.807) is 19.1 Å². The minimum absolute atomic E-state index is 0.215. The summed E-state index contributed by atoms with van der Waals surface area (Å²) in [6, 6.07) is 5.88. The van der Waals surface area contributed by atoms with Gasteiger partial charge in [-0.2, -0.15) is 0 Å². The summed E-state index contributed by atoms with van der Waals surface area (Å²) in [7, 11) is 0. The third-order valence-corrected chi connectivity index (χ3v) is 1.60. The van der Waals surface area contributed by atoms with Crippen molar-refractivity contribution in [2.45, 2.75) is 20.0 Å². The highest BCUT2D eigenvalue weighted by molar-refractivity contribution is 5.68. The van der Waals surface area contributed by atoms with Gasteiger partial charge < -0.3 is 4.74 Å². The third-order valence-electron chi connectivity index (χ3n) is 1.60. The fourth-order valence-corrected chi connectivity index (χ4v) is 0.847. The van der Waals surface area contributed by atoms with Gasteiger partial charge in [-0.05, 0) is 17.7 Å². The van der Waals surface area contributed by atoms with Crippen LogP contribution in [0.15, 0.2) is 24.3 Å². The van der Waals surface area contributed by atoms with Gasteiger partial charge in [-0.1, -0.05) is 19.1 Å². The van der Waals surface area contributed by atoms with Crippen LogP contribution in [0.4, 0.5) is 4.39 Å². The van der Waals surface area contributed by atoms with Crippen LogP contribution in [-0.2, 0) is 16.1 Å². The van der Waals surface area contributed by atoms with Gasteiger partial charge in [0, 0.05) is 6.42 Å². The first-order valence-electron chi connectivity index (χ1n) is 4.12. The van der Waals surface area contributed by atoms with Crippen molar-refractivity contribution in [3.05, 3.63) is 35.6 Å². The molecule has 1 aromatic rings. The molecule has 0 saturated carbocycles. The molecule has 0 aliphatic rings. The molecule has 0 bridgehead atoms. The molecule has 0 radical (unpaired) electrons. The van der Waals surface area contributed by atoms with Crippen molar-refractivity contribution >= 4 is 5.97 Å². The summed E-state index contributed by atoms with van der Waals surface area (Å²) in [6.07, 6.45) is 0.362. The molecule has 2 nitrogen and oxygen atoms in total. The van der Waals surface area contributed by atoms with Crippen LogP contribution in [0.2, 0.25) is 0 Å². The maximum atomic E-state index is 12.4. The van der Waals surface area contributed by atoms with Gasteiger partial charge in [0.2, 0.25) is 0 Å². The summed E-state index contributed by atoms with van der Waals surface area (Å²) < 4.78 is 17.3. The zero-order valence-corrected chi connectivity index (χ0v) is 7.42. The number of benzene rings is 1. The molecule has 0 saturated heterocycles. The van der Waals surface area contributed by atoms with Crippen LogP contribution in [0.25, 0.3) is 0 Å². The number of ether oxygens (including phenoxy) is 1. The van der Waals surface area contributed by atoms with Gasteiger partial charge in [0.15, 0.2) is 0 Å². The van der Waals surface area contributed by atoms with E-state index in [9.17, 15) is 9.18 Å². The summed E-state index contributed by atoms with van der Waals surface area (Å²) in [5.74, 6) is -0.533. The Bertz CT molecular complexity index is 279. The van der Waals surface area contributed by atoms with Gasteiger partial charge in [-0.3, -0.25) is 4.79 Å². The predicted octanol–water partition coefficient (Wildman–Crippen LogP) is 2.28. The summed E-state index contributed by atoms with van der Waals surface area (Å²) in [4.78, 5) is 10.8. The molecule has 0 fully saturated rings. The second kappa shape index (κ2) is 4.60. The molecule has 3 heteroatoms. The molecule has 1 rings (SSSR count). The lowest BCUT2D eigenvalue weighted by Gasteiger charge is -2.02. The minimum Gasteiger partial charge on any atom is -0.461 e. The molecule has 0 amide bonds. The van der Waals surface area contributed by atoms with E-state index >= 15 is 0 Å². The molecule has 0 atom stereocenters. The molecule has 70 valence electrons. The number of hydrogen-bond donors (Lipinski definition) is 0. The van der Waals surface area contributed by atoms with E-state index in [-0.39, 0.29) is 18.4 Å². The van der Waals surface area contributed by atoms with Gasteiger partial charge in [0.1, 0.15) is 12.4 Å². The molecule has 13 heavy (non-hydrogen) atoms. The first-order valence-corrected chi connectivity index (χ1v) is 4.12. The van der Waals surface area contributed by atoms with E-state index < -0.39 is 0 Å². The Morgan fingerprint density at radius 1 is 1.38 bits per heavy atom. The lowest BCUT2D eigenvalue weighted by atomic mass is 10.2. The van der Waals surface area contributed by atoms with Gasteiger partial charge in [-0.15, -0.1) is 0 Å². The quantitative estimate of drug-likeness (QED) is 0.670. The van der Waals surface area contributed by atoms with Crippen LogP contribution in [0.5, 0.6) is 0 Å². The molecule has 0 aliphatic carbocycles. The second-order valence-corrected chi connectivity index (χ2v) is 2.64. The molecule has 0 heterocycles. The maximum Gasteiger partial charge on any atom is 0.305 e. The van der Waals surface area contributed by atoms with E-state index in [0.717, 1.165) is 5.56 Å². The molecule has 0 N–H and O–H groups in total. The maximum absolute atomic E-state index is 12.4. The fraction of sp³-hybridized carbons (Fsp3) is 0.300. The van der Waals surface area contributed by atoms with E-state index in [0.29, 0.717) is 6.42 Å². The normalized spacial score (nSPS) is 9.69. The van der Waals surface area contributed by atoms with Crippen LogP contribution in [0.1, 0.15) is 18.9 Å². The fourth-order valence-electron chi connectivity index (χ4n) is 0.847. The molecule has 0 aromatic heterocycles. The average molecular weight is 182 g/mol.